The first-order valence-corrected chi connectivity index (χ1v) is 4.11. The number of fused-ring (bicyclic) bond motifs is 1. The molecule has 0 bridgehead atoms. The molecule has 4 heteroatoms. The minimum atomic E-state index is -0.349. The highest BCUT2D eigenvalue weighted by Gasteiger charge is 2.13. The van der Waals surface area contributed by atoms with Crippen LogP contribution in [-0.4, -0.2) is 10.8 Å². The number of carbonyl (C=O) groups is 1. The third-order valence-corrected chi connectivity index (χ3v) is 2.07. The molecule has 2 aliphatic heterocycles. The van der Waals surface area contributed by atoms with Gasteiger partial charge in [0, 0.05) is 23.7 Å². The topological polar surface area (TPSA) is 46.3 Å². The van der Waals surface area contributed by atoms with E-state index in [0.717, 1.165) is 5.70 Å². The fourth-order valence-electron chi connectivity index (χ4n) is 1.36. The first kappa shape index (κ1) is 10.6. The Morgan fingerprint density at radius 1 is 1.43 bits per heavy atom. The van der Waals surface area contributed by atoms with Crippen molar-refractivity contribution in [2.75, 3.05) is 0 Å². The Bertz CT molecular complexity index is 366. The van der Waals surface area contributed by atoms with Crippen LogP contribution in [0.1, 0.15) is 6.42 Å². The van der Waals surface area contributed by atoms with Crippen LogP contribution in [0.3, 0.4) is 0 Å². The van der Waals surface area contributed by atoms with Gasteiger partial charge in [0.2, 0.25) is 5.91 Å². The van der Waals surface area contributed by atoms with Crippen molar-refractivity contribution in [3.8, 4) is 0 Å². The molecule has 0 aliphatic carbocycles. The largest absolute Gasteiger partial charge is 0.366 e. The number of hydrogen-bond donors (Lipinski definition) is 1. The smallest absolute Gasteiger partial charge is 0.246 e. The summed E-state index contributed by atoms with van der Waals surface area (Å²) in [5.74, 6) is -0.349. The van der Waals surface area contributed by atoms with Gasteiger partial charge in [-0.3, -0.25) is 4.79 Å². The SMILES string of the molecule is Cl.NC(=O)C1=CN2C=CC=CC2=CC1. The molecule has 0 aromatic heterocycles. The molecule has 14 heavy (non-hydrogen) atoms. The van der Waals surface area contributed by atoms with Gasteiger partial charge in [-0.25, -0.2) is 0 Å². The summed E-state index contributed by atoms with van der Waals surface area (Å²) in [5, 5.41) is 0. The molecule has 0 saturated heterocycles. The minimum Gasteiger partial charge on any atom is -0.366 e. The molecule has 0 atom stereocenters. The zero-order valence-corrected chi connectivity index (χ0v) is 8.33. The molecular weight excluding hydrogens is 200 g/mol. The molecule has 1 amide bonds. The van der Waals surface area contributed by atoms with Gasteiger partial charge in [0.1, 0.15) is 0 Å². The zero-order valence-electron chi connectivity index (χ0n) is 7.51. The predicted molar refractivity (Wildman–Crippen MR) is 57.3 cm³/mol. The predicted octanol–water partition coefficient (Wildman–Crippen LogP) is 1.45. The number of amides is 1. The van der Waals surface area contributed by atoms with E-state index in [-0.39, 0.29) is 18.3 Å². The van der Waals surface area contributed by atoms with Crippen molar-refractivity contribution < 1.29 is 4.79 Å². The first-order chi connectivity index (χ1) is 6.27. The third-order valence-electron chi connectivity index (χ3n) is 2.07. The Hall–Kier alpha value is -1.48. The third kappa shape index (κ3) is 1.88. The summed E-state index contributed by atoms with van der Waals surface area (Å²) in [6, 6.07) is 0. The molecule has 0 unspecified atom stereocenters. The lowest BCUT2D eigenvalue weighted by Gasteiger charge is -2.24. The lowest BCUT2D eigenvalue weighted by molar-refractivity contribution is -0.114. The van der Waals surface area contributed by atoms with E-state index in [1.807, 2.05) is 35.4 Å². The molecule has 2 heterocycles. The standard InChI is InChI=1S/C10H10N2O.ClH/c11-10(13)8-4-5-9-3-1-2-6-12(9)7-8;/h1-3,5-7H,4H2,(H2,11,13);1H. The van der Waals surface area contributed by atoms with Crippen LogP contribution in [0.15, 0.2) is 48.0 Å². The maximum absolute atomic E-state index is 10.9. The molecule has 2 rings (SSSR count). The fourth-order valence-corrected chi connectivity index (χ4v) is 1.36. The molecule has 2 N–H and O–H groups in total. The monoisotopic (exact) mass is 210 g/mol. The Labute approximate surface area is 88.7 Å². The van der Waals surface area contributed by atoms with Crippen molar-refractivity contribution in [1.29, 1.82) is 0 Å². The Morgan fingerprint density at radius 3 is 2.93 bits per heavy atom. The second-order valence-corrected chi connectivity index (χ2v) is 2.96. The number of nitrogens with zero attached hydrogens (tertiary/aromatic N) is 1. The number of primary amides is 1. The van der Waals surface area contributed by atoms with Crippen LogP contribution < -0.4 is 5.73 Å². The average molecular weight is 211 g/mol. The number of allylic oxidation sites excluding steroid dienone is 4. The number of hydrogen-bond acceptors (Lipinski definition) is 2. The van der Waals surface area contributed by atoms with Crippen LogP contribution in [0.4, 0.5) is 0 Å². The van der Waals surface area contributed by atoms with Gasteiger partial charge < -0.3 is 10.6 Å². The van der Waals surface area contributed by atoms with Gasteiger partial charge in [-0.2, -0.15) is 0 Å². The summed E-state index contributed by atoms with van der Waals surface area (Å²) in [6.07, 6.45) is 12.2. The quantitative estimate of drug-likeness (QED) is 0.712. The summed E-state index contributed by atoms with van der Waals surface area (Å²) in [4.78, 5) is 12.8. The van der Waals surface area contributed by atoms with Crippen molar-refractivity contribution in [2.24, 2.45) is 5.73 Å². The van der Waals surface area contributed by atoms with Crippen molar-refractivity contribution >= 4 is 18.3 Å². The Kier molecular flexibility index (Phi) is 3.14. The highest BCUT2D eigenvalue weighted by Crippen LogP contribution is 2.21. The van der Waals surface area contributed by atoms with E-state index in [0.29, 0.717) is 12.0 Å². The second kappa shape index (κ2) is 4.15. The van der Waals surface area contributed by atoms with Crippen LogP contribution in [0.2, 0.25) is 0 Å². The van der Waals surface area contributed by atoms with Crippen LogP contribution in [0.25, 0.3) is 0 Å². The summed E-state index contributed by atoms with van der Waals surface area (Å²) < 4.78 is 0. The lowest BCUT2D eigenvalue weighted by Crippen LogP contribution is -2.21. The molecule has 0 fully saturated rings. The van der Waals surface area contributed by atoms with E-state index >= 15 is 0 Å². The van der Waals surface area contributed by atoms with Gasteiger partial charge in [0.05, 0.1) is 0 Å². The number of nitrogens with two attached hydrogens (primary N) is 1. The summed E-state index contributed by atoms with van der Waals surface area (Å²) in [6.45, 7) is 0. The molecule has 0 saturated carbocycles. The van der Waals surface area contributed by atoms with E-state index in [1.54, 1.807) is 6.20 Å². The van der Waals surface area contributed by atoms with Gasteiger partial charge in [-0.15, -0.1) is 12.4 Å². The molecule has 74 valence electrons. The summed E-state index contributed by atoms with van der Waals surface area (Å²) in [7, 11) is 0. The molecule has 0 spiro atoms. The van der Waals surface area contributed by atoms with Gasteiger partial charge in [0.25, 0.3) is 0 Å². The maximum Gasteiger partial charge on any atom is 0.246 e. The van der Waals surface area contributed by atoms with E-state index < -0.39 is 0 Å². The second-order valence-electron chi connectivity index (χ2n) is 2.96. The van der Waals surface area contributed by atoms with Crippen molar-refractivity contribution in [1.82, 2.24) is 4.90 Å². The lowest BCUT2D eigenvalue weighted by atomic mass is 10.1. The Balaban J connectivity index is 0.000000980. The van der Waals surface area contributed by atoms with E-state index in [1.165, 1.54) is 0 Å². The van der Waals surface area contributed by atoms with Gasteiger partial charge in [0.15, 0.2) is 0 Å². The van der Waals surface area contributed by atoms with Crippen LogP contribution in [0.5, 0.6) is 0 Å². The summed E-state index contributed by atoms with van der Waals surface area (Å²) in [5.41, 5.74) is 6.92. The van der Waals surface area contributed by atoms with Crippen LogP contribution in [0, 0.1) is 0 Å². The molecule has 0 aromatic rings. The Morgan fingerprint density at radius 2 is 2.21 bits per heavy atom. The maximum atomic E-state index is 10.9. The van der Waals surface area contributed by atoms with E-state index in [4.69, 9.17) is 5.73 Å². The van der Waals surface area contributed by atoms with Crippen LogP contribution in [-0.2, 0) is 4.79 Å². The number of rotatable bonds is 1. The van der Waals surface area contributed by atoms with Gasteiger partial charge >= 0.3 is 0 Å². The molecule has 0 radical (unpaired) electrons. The van der Waals surface area contributed by atoms with Crippen molar-refractivity contribution in [3.63, 3.8) is 0 Å². The first-order valence-electron chi connectivity index (χ1n) is 4.11. The fraction of sp³-hybridized carbons (Fsp3) is 0.100. The normalized spacial score (nSPS) is 17.9. The average Bonchev–Trinajstić information content (AvgIpc) is 2.17. The van der Waals surface area contributed by atoms with Gasteiger partial charge in [-0.1, -0.05) is 12.2 Å². The number of halogens is 1. The highest BCUT2D eigenvalue weighted by molar-refractivity contribution is 5.92. The van der Waals surface area contributed by atoms with Crippen LogP contribution >= 0.6 is 12.4 Å². The molecule has 0 aromatic carbocycles. The molecule has 2 aliphatic rings. The summed E-state index contributed by atoms with van der Waals surface area (Å²) >= 11 is 0. The molecular formula is C10H11ClN2O. The van der Waals surface area contributed by atoms with Crippen molar-refractivity contribution in [3.05, 3.63) is 48.0 Å². The van der Waals surface area contributed by atoms with Gasteiger partial charge in [-0.05, 0) is 18.6 Å². The number of carbonyl (C=O) groups excluding carboxylic acids is 1. The molecule has 3 nitrogen and oxygen atoms in total. The highest BCUT2D eigenvalue weighted by atomic mass is 35.5. The van der Waals surface area contributed by atoms with E-state index in [2.05, 4.69) is 0 Å². The zero-order chi connectivity index (χ0) is 9.26. The van der Waals surface area contributed by atoms with Crippen molar-refractivity contribution in [2.45, 2.75) is 6.42 Å². The minimum absolute atomic E-state index is 0. The van der Waals surface area contributed by atoms with E-state index in [9.17, 15) is 4.79 Å².